The van der Waals surface area contributed by atoms with Crippen LogP contribution in [0.15, 0.2) is 64.0 Å². The maximum absolute atomic E-state index is 12.7. The molecular weight excluding hydrogens is 450 g/mol. The van der Waals surface area contributed by atoms with Crippen molar-refractivity contribution in [2.75, 3.05) is 18.4 Å². The van der Waals surface area contributed by atoms with Crippen molar-refractivity contribution in [2.45, 2.75) is 37.0 Å². The number of halogens is 1. The third kappa shape index (κ3) is 5.20. The first-order valence-corrected chi connectivity index (χ1v) is 12.3. The Labute approximate surface area is 192 Å². The first kappa shape index (κ1) is 22.5. The monoisotopic (exact) mass is 473 g/mol. The van der Waals surface area contributed by atoms with Gasteiger partial charge in [-0.25, -0.2) is 13.4 Å². The van der Waals surface area contributed by atoms with Gasteiger partial charge in [0, 0.05) is 37.2 Å². The van der Waals surface area contributed by atoms with Crippen LogP contribution in [0, 0.1) is 0 Å². The predicted octanol–water partition coefficient (Wildman–Crippen LogP) is 4.74. The average Bonchev–Trinajstić information content (AvgIpc) is 3.28. The maximum atomic E-state index is 12.7. The zero-order valence-electron chi connectivity index (χ0n) is 17.5. The number of anilines is 1. The molecule has 0 aliphatic carbocycles. The van der Waals surface area contributed by atoms with Gasteiger partial charge in [-0.2, -0.15) is 4.31 Å². The number of rotatable bonds is 7. The van der Waals surface area contributed by atoms with Crippen LogP contribution < -0.4 is 5.32 Å². The molecule has 0 unspecified atom stereocenters. The minimum Gasteiger partial charge on any atom is -0.441 e. The molecule has 2 heterocycles. The Morgan fingerprint density at radius 3 is 2.50 bits per heavy atom. The second-order valence-corrected chi connectivity index (χ2v) is 9.98. The van der Waals surface area contributed by atoms with Gasteiger partial charge in [0.25, 0.3) is 0 Å². The van der Waals surface area contributed by atoms with Gasteiger partial charge >= 0.3 is 0 Å². The highest BCUT2D eigenvalue weighted by Gasteiger charge is 2.25. The molecule has 0 saturated carbocycles. The fourth-order valence-corrected chi connectivity index (χ4v) is 5.37. The largest absolute Gasteiger partial charge is 0.441 e. The lowest BCUT2D eigenvalue weighted by atomic mass is 10.2. The van der Waals surface area contributed by atoms with E-state index in [2.05, 4.69) is 10.3 Å². The molecule has 1 amide bonds. The molecule has 7 nitrogen and oxygen atoms in total. The van der Waals surface area contributed by atoms with Gasteiger partial charge in [0.05, 0.1) is 16.1 Å². The molecule has 0 spiro atoms. The molecule has 1 fully saturated rings. The fourth-order valence-electron chi connectivity index (χ4n) is 3.62. The fraction of sp³-hybridized carbons (Fsp3) is 0.304. The molecular formula is C23H24ClN3O4S. The van der Waals surface area contributed by atoms with Crippen LogP contribution in [0.1, 0.15) is 31.6 Å². The highest BCUT2D eigenvalue weighted by Crippen LogP contribution is 2.28. The molecule has 1 aliphatic rings. The number of carbonyl (C=O) groups excluding carboxylic acids is 1. The number of nitrogens with one attached hydrogen (secondary N) is 1. The lowest BCUT2D eigenvalue weighted by Crippen LogP contribution is -2.35. The van der Waals surface area contributed by atoms with E-state index >= 15 is 0 Å². The van der Waals surface area contributed by atoms with E-state index in [-0.39, 0.29) is 17.2 Å². The molecule has 0 bridgehead atoms. The molecule has 3 aromatic rings. The first-order valence-electron chi connectivity index (χ1n) is 10.5. The molecule has 4 rings (SSSR count). The van der Waals surface area contributed by atoms with Crippen molar-refractivity contribution in [3.8, 4) is 11.3 Å². The number of aromatic nitrogens is 1. The van der Waals surface area contributed by atoms with Gasteiger partial charge in [-0.3, -0.25) is 4.79 Å². The van der Waals surface area contributed by atoms with Crippen LogP contribution in [-0.4, -0.2) is 36.7 Å². The predicted molar refractivity (Wildman–Crippen MR) is 123 cm³/mol. The third-order valence-corrected chi connectivity index (χ3v) is 7.59. The van der Waals surface area contributed by atoms with Crippen molar-refractivity contribution >= 4 is 33.2 Å². The highest BCUT2D eigenvalue weighted by molar-refractivity contribution is 7.89. The molecule has 1 saturated heterocycles. The lowest BCUT2D eigenvalue weighted by molar-refractivity contribution is -0.116. The molecule has 1 aliphatic heterocycles. The molecule has 9 heteroatoms. The van der Waals surface area contributed by atoms with E-state index < -0.39 is 10.0 Å². The number of aryl methyl sites for hydroxylation is 1. The summed E-state index contributed by atoms with van der Waals surface area (Å²) in [4.78, 5) is 16.8. The van der Waals surface area contributed by atoms with E-state index in [1.165, 1.54) is 16.4 Å². The number of hydrogen-bond donors (Lipinski definition) is 1. The number of sulfonamides is 1. The summed E-state index contributed by atoms with van der Waals surface area (Å²) in [5.74, 6) is 0.781. The minimum absolute atomic E-state index is 0.177. The Bertz CT molecular complexity index is 1190. The average molecular weight is 474 g/mol. The van der Waals surface area contributed by atoms with Crippen molar-refractivity contribution in [3.63, 3.8) is 0 Å². The second-order valence-electron chi connectivity index (χ2n) is 7.64. The topological polar surface area (TPSA) is 92.5 Å². The summed E-state index contributed by atoms with van der Waals surface area (Å²) in [6.07, 6.45) is 4.94. The second kappa shape index (κ2) is 9.85. The van der Waals surface area contributed by atoms with Crippen LogP contribution in [0.2, 0.25) is 5.02 Å². The quantitative estimate of drug-likeness (QED) is 0.535. The van der Waals surface area contributed by atoms with Crippen LogP contribution in [0.3, 0.4) is 0 Å². The number of piperidine rings is 1. The number of nitrogens with zero attached hydrogens (tertiary/aromatic N) is 2. The normalized spacial score (nSPS) is 14.9. The van der Waals surface area contributed by atoms with Crippen molar-refractivity contribution in [3.05, 3.63) is 65.6 Å². The van der Waals surface area contributed by atoms with Gasteiger partial charge < -0.3 is 9.73 Å². The first-order chi connectivity index (χ1) is 15.4. The molecule has 0 radical (unpaired) electrons. The summed E-state index contributed by atoms with van der Waals surface area (Å²) in [5.41, 5.74) is 1.29. The minimum atomic E-state index is -3.49. The molecule has 168 valence electrons. The summed E-state index contributed by atoms with van der Waals surface area (Å²) in [6, 6.07) is 13.6. The molecule has 0 atom stereocenters. The van der Waals surface area contributed by atoms with E-state index in [1.54, 1.807) is 24.4 Å². The lowest BCUT2D eigenvalue weighted by Gasteiger charge is -2.25. The molecule has 1 N–H and O–H groups in total. The smallest absolute Gasteiger partial charge is 0.243 e. The van der Waals surface area contributed by atoms with Crippen molar-refractivity contribution in [1.82, 2.24) is 9.29 Å². The SMILES string of the molecule is O=C(CCc1ncc(-c2ccccc2Cl)o1)Nc1ccc(S(=O)(=O)N2CCCCC2)cc1. The summed E-state index contributed by atoms with van der Waals surface area (Å²) in [6.45, 7) is 1.11. The van der Waals surface area contributed by atoms with Crippen LogP contribution in [0.25, 0.3) is 11.3 Å². The van der Waals surface area contributed by atoms with E-state index in [0.29, 0.717) is 41.9 Å². The Morgan fingerprint density at radius 1 is 1.06 bits per heavy atom. The van der Waals surface area contributed by atoms with Crippen molar-refractivity contribution < 1.29 is 17.6 Å². The number of hydrogen-bond acceptors (Lipinski definition) is 5. The van der Waals surface area contributed by atoms with Crippen LogP contribution in [-0.2, 0) is 21.2 Å². The number of amides is 1. The van der Waals surface area contributed by atoms with E-state index in [1.807, 2.05) is 18.2 Å². The van der Waals surface area contributed by atoms with Crippen LogP contribution >= 0.6 is 11.6 Å². The Morgan fingerprint density at radius 2 is 1.78 bits per heavy atom. The maximum Gasteiger partial charge on any atom is 0.243 e. The Kier molecular flexibility index (Phi) is 6.93. The Balaban J connectivity index is 1.32. The van der Waals surface area contributed by atoms with Crippen molar-refractivity contribution in [2.24, 2.45) is 0 Å². The summed E-state index contributed by atoms with van der Waals surface area (Å²) in [5, 5.41) is 3.35. The molecule has 32 heavy (non-hydrogen) atoms. The van der Waals surface area contributed by atoms with Gasteiger partial charge in [0.15, 0.2) is 11.7 Å². The van der Waals surface area contributed by atoms with Gasteiger partial charge in [-0.1, -0.05) is 30.2 Å². The van der Waals surface area contributed by atoms with E-state index in [0.717, 1.165) is 24.8 Å². The van der Waals surface area contributed by atoms with E-state index in [9.17, 15) is 13.2 Å². The summed E-state index contributed by atoms with van der Waals surface area (Å²) in [7, 11) is -3.49. The van der Waals surface area contributed by atoms with Crippen LogP contribution in [0.4, 0.5) is 5.69 Å². The standard InChI is InChI=1S/C23H24ClN3O4S/c24-20-7-3-2-6-19(20)21-16-25-23(31-21)13-12-22(28)26-17-8-10-18(11-9-17)32(29,30)27-14-4-1-5-15-27/h2-3,6-11,16H,1,4-5,12-15H2,(H,26,28). The van der Waals surface area contributed by atoms with Gasteiger partial charge in [-0.05, 0) is 49.2 Å². The highest BCUT2D eigenvalue weighted by atomic mass is 35.5. The molecule has 2 aromatic carbocycles. The van der Waals surface area contributed by atoms with Crippen LogP contribution in [0.5, 0.6) is 0 Å². The van der Waals surface area contributed by atoms with Gasteiger partial charge in [0.1, 0.15) is 0 Å². The van der Waals surface area contributed by atoms with Gasteiger partial charge in [-0.15, -0.1) is 0 Å². The van der Waals surface area contributed by atoms with Gasteiger partial charge in [0.2, 0.25) is 15.9 Å². The number of carbonyl (C=O) groups is 1. The third-order valence-electron chi connectivity index (χ3n) is 5.35. The summed E-state index contributed by atoms with van der Waals surface area (Å²) < 4.78 is 32.7. The Hall–Kier alpha value is -2.68. The molecule has 1 aromatic heterocycles. The van der Waals surface area contributed by atoms with E-state index in [4.69, 9.17) is 16.0 Å². The van der Waals surface area contributed by atoms with Crippen molar-refractivity contribution in [1.29, 1.82) is 0 Å². The number of benzene rings is 2. The number of oxazole rings is 1. The zero-order chi connectivity index (χ0) is 22.6. The summed E-state index contributed by atoms with van der Waals surface area (Å²) >= 11 is 6.18. The zero-order valence-corrected chi connectivity index (χ0v) is 19.0.